The number of hydrogen-bond acceptors (Lipinski definition) is 7. The number of ether oxygens (including phenoxy) is 1. The molecule has 0 aliphatic carbocycles. The standard InChI is InChI=1S/C26H35N5O7/c1-16(2)13-18(23(34)28-14-21(27)32)29-24(35)19-9-6-12-30(19)25(36)20-10-11-22(33)31(20)26(37)38-15-17-7-4-3-5-8-17/h3-5,7-8,16,18-20H,6,9-15H2,1-2H3,(H2,27,32)(H,28,34)(H,29,35)/t18-,19-,20+/m1/s1. The summed E-state index contributed by atoms with van der Waals surface area (Å²) < 4.78 is 5.29. The van der Waals surface area contributed by atoms with E-state index in [2.05, 4.69) is 10.6 Å². The molecule has 2 saturated heterocycles. The number of hydrogen-bond donors (Lipinski definition) is 3. The number of nitrogens with one attached hydrogen (secondary N) is 2. The topological polar surface area (TPSA) is 168 Å². The fraction of sp³-hybridized carbons (Fsp3) is 0.538. The lowest BCUT2D eigenvalue weighted by Gasteiger charge is -2.30. The SMILES string of the molecule is CC(C)C[C@@H](NC(=O)[C@H]1CCCN1C(=O)[C@@H]1CCC(=O)N1C(=O)OCc1ccccc1)C(=O)NCC(N)=O. The summed E-state index contributed by atoms with van der Waals surface area (Å²) >= 11 is 0. The molecule has 0 bridgehead atoms. The van der Waals surface area contributed by atoms with Crippen LogP contribution in [0.25, 0.3) is 0 Å². The van der Waals surface area contributed by atoms with Crippen LogP contribution >= 0.6 is 0 Å². The molecular weight excluding hydrogens is 494 g/mol. The Labute approximate surface area is 221 Å². The predicted octanol–water partition coefficient (Wildman–Crippen LogP) is 0.438. The van der Waals surface area contributed by atoms with E-state index in [9.17, 15) is 28.8 Å². The number of likely N-dealkylation sites (tertiary alicyclic amines) is 2. The van der Waals surface area contributed by atoms with Crippen molar-refractivity contribution in [1.82, 2.24) is 20.4 Å². The van der Waals surface area contributed by atoms with Gasteiger partial charge in [-0.1, -0.05) is 44.2 Å². The number of rotatable bonds is 10. The Balaban J connectivity index is 1.67. The van der Waals surface area contributed by atoms with E-state index < -0.39 is 53.8 Å². The lowest BCUT2D eigenvalue weighted by Crippen LogP contribution is -2.56. The largest absolute Gasteiger partial charge is 0.444 e. The van der Waals surface area contributed by atoms with Crippen LogP contribution in [0.5, 0.6) is 0 Å². The molecule has 2 fully saturated rings. The van der Waals surface area contributed by atoms with Crippen LogP contribution in [-0.4, -0.2) is 76.6 Å². The maximum Gasteiger partial charge on any atom is 0.417 e. The van der Waals surface area contributed by atoms with Gasteiger partial charge in [0.05, 0.1) is 6.54 Å². The summed E-state index contributed by atoms with van der Waals surface area (Å²) in [6.07, 6.45) is 0.472. The number of carbonyl (C=O) groups excluding carboxylic acids is 6. The Morgan fingerprint density at radius 1 is 1.08 bits per heavy atom. The van der Waals surface area contributed by atoms with Crippen LogP contribution in [0, 0.1) is 5.92 Å². The summed E-state index contributed by atoms with van der Waals surface area (Å²) in [5.41, 5.74) is 5.84. The van der Waals surface area contributed by atoms with Crippen LogP contribution in [-0.2, 0) is 35.3 Å². The average molecular weight is 530 g/mol. The van der Waals surface area contributed by atoms with Crippen LogP contribution in [0.15, 0.2) is 30.3 Å². The lowest BCUT2D eigenvalue weighted by molar-refractivity contribution is -0.144. The molecule has 3 rings (SSSR count). The van der Waals surface area contributed by atoms with Gasteiger partial charge in [0, 0.05) is 13.0 Å². The Bertz CT molecular complexity index is 1060. The molecule has 0 radical (unpaired) electrons. The number of carbonyl (C=O) groups is 6. The molecule has 2 aliphatic rings. The molecule has 1 aromatic carbocycles. The summed E-state index contributed by atoms with van der Waals surface area (Å²) in [6, 6.07) is 6.11. The Kier molecular flexibility index (Phi) is 9.80. The van der Waals surface area contributed by atoms with Crippen LogP contribution in [0.2, 0.25) is 0 Å². The van der Waals surface area contributed by atoms with Crippen LogP contribution in [0.1, 0.15) is 51.5 Å². The molecule has 38 heavy (non-hydrogen) atoms. The highest BCUT2D eigenvalue weighted by Gasteiger charge is 2.46. The van der Waals surface area contributed by atoms with Gasteiger partial charge in [-0.2, -0.15) is 0 Å². The monoisotopic (exact) mass is 529 g/mol. The van der Waals surface area contributed by atoms with Crippen molar-refractivity contribution in [3.8, 4) is 0 Å². The van der Waals surface area contributed by atoms with Gasteiger partial charge in [0.25, 0.3) is 0 Å². The van der Waals surface area contributed by atoms with Crippen LogP contribution in [0.3, 0.4) is 0 Å². The second-order valence-corrected chi connectivity index (χ2v) is 9.92. The maximum absolute atomic E-state index is 13.5. The van der Waals surface area contributed by atoms with E-state index in [0.29, 0.717) is 19.3 Å². The molecule has 0 unspecified atom stereocenters. The number of nitrogens with two attached hydrogens (primary N) is 1. The molecule has 12 heteroatoms. The highest BCUT2D eigenvalue weighted by molar-refractivity contribution is 6.02. The quantitative estimate of drug-likeness (QED) is 0.395. The minimum Gasteiger partial charge on any atom is -0.444 e. The number of nitrogens with zero attached hydrogens (tertiary/aromatic N) is 2. The zero-order valence-electron chi connectivity index (χ0n) is 21.7. The van der Waals surface area contributed by atoms with Crippen molar-refractivity contribution in [2.75, 3.05) is 13.1 Å². The lowest BCUT2D eigenvalue weighted by atomic mass is 10.0. The zero-order chi connectivity index (χ0) is 27.8. The summed E-state index contributed by atoms with van der Waals surface area (Å²) in [7, 11) is 0. The van der Waals surface area contributed by atoms with Crippen LogP contribution < -0.4 is 16.4 Å². The first-order chi connectivity index (χ1) is 18.1. The van der Waals surface area contributed by atoms with E-state index in [-0.39, 0.29) is 38.5 Å². The first-order valence-corrected chi connectivity index (χ1v) is 12.8. The third-order valence-corrected chi connectivity index (χ3v) is 6.51. The third kappa shape index (κ3) is 7.30. The molecule has 2 heterocycles. The maximum atomic E-state index is 13.5. The summed E-state index contributed by atoms with van der Waals surface area (Å²) in [6.45, 7) is 3.64. The number of primary amides is 1. The van der Waals surface area contributed by atoms with Gasteiger partial charge in [-0.05, 0) is 37.2 Å². The zero-order valence-corrected chi connectivity index (χ0v) is 21.7. The molecule has 0 spiro atoms. The van der Waals surface area contributed by atoms with Gasteiger partial charge >= 0.3 is 6.09 Å². The normalized spacial score (nSPS) is 19.8. The summed E-state index contributed by atoms with van der Waals surface area (Å²) in [5, 5.41) is 5.11. The van der Waals surface area contributed by atoms with E-state index >= 15 is 0 Å². The van der Waals surface area contributed by atoms with Crippen molar-refractivity contribution < 1.29 is 33.5 Å². The van der Waals surface area contributed by atoms with Gasteiger partial charge < -0.3 is 26.0 Å². The average Bonchev–Trinajstić information content (AvgIpc) is 3.52. The molecule has 4 N–H and O–H groups in total. The van der Waals surface area contributed by atoms with Crippen molar-refractivity contribution in [1.29, 1.82) is 0 Å². The van der Waals surface area contributed by atoms with E-state index in [1.165, 1.54) is 4.90 Å². The molecule has 12 nitrogen and oxygen atoms in total. The van der Waals surface area contributed by atoms with Gasteiger partial charge in [-0.25, -0.2) is 9.69 Å². The summed E-state index contributed by atoms with van der Waals surface area (Å²) in [4.78, 5) is 77.8. The first-order valence-electron chi connectivity index (χ1n) is 12.8. The molecule has 3 atom stereocenters. The first kappa shape index (κ1) is 28.6. The van der Waals surface area contributed by atoms with Gasteiger partial charge in [0.15, 0.2) is 0 Å². The molecule has 0 saturated carbocycles. The van der Waals surface area contributed by atoms with Gasteiger partial charge in [-0.15, -0.1) is 0 Å². The third-order valence-electron chi connectivity index (χ3n) is 6.51. The van der Waals surface area contributed by atoms with Crippen LogP contribution in [0.4, 0.5) is 4.79 Å². The van der Waals surface area contributed by atoms with E-state index in [1.54, 1.807) is 24.3 Å². The van der Waals surface area contributed by atoms with E-state index in [1.807, 2.05) is 19.9 Å². The highest BCUT2D eigenvalue weighted by Crippen LogP contribution is 2.27. The van der Waals surface area contributed by atoms with Crippen molar-refractivity contribution >= 4 is 35.6 Å². The molecule has 206 valence electrons. The van der Waals surface area contributed by atoms with Gasteiger partial charge in [0.2, 0.25) is 29.5 Å². The molecule has 1 aromatic rings. The molecule has 6 amide bonds. The molecule has 0 aromatic heterocycles. The number of benzene rings is 1. The van der Waals surface area contributed by atoms with E-state index in [4.69, 9.17) is 10.5 Å². The second-order valence-electron chi connectivity index (χ2n) is 9.92. The Hall–Kier alpha value is -3.96. The molecule has 2 aliphatic heterocycles. The Morgan fingerprint density at radius 3 is 2.45 bits per heavy atom. The van der Waals surface area contributed by atoms with E-state index in [0.717, 1.165) is 10.5 Å². The van der Waals surface area contributed by atoms with Crippen molar-refractivity contribution in [2.24, 2.45) is 11.7 Å². The minimum atomic E-state index is -1.07. The predicted molar refractivity (Wildman–Crippen MR) is 135 cm³/mol. The number of imide groups is 1. The smallest absolute Gasteiger partial charge is 0.417 e. The second kappa shape index (κ2) is 13.0. The fourth-order valence-corrected chi connectivity index (χ4v) is 4.70. The van der Waals surface area contributed by atoms with Crippen molar-refractivity contribution in [3.05, 3.63) is 35.9 Å². The Morgan fingerprint density at radius 2 is 1.79 bits per heavy atom. The fourth-order valence-electron chi connectivity index (χ4n) is 4.70. The van der Waals surface area contributed by atoms with Gasteiger partial charge in [0.1, 0.15) is 24.7 Å². The summed E-state index contributed by atoms with van der Waals surface area (Å²) in [5.74, 6) is -2.73. The number of amides is 6. The van der Waals surface area contributed by atoms with Gasteiger partial charge in [-0.3, -0.25) is 24.0 Å². The van der Waals surface area contributed by atoms with Crippen molar-refractivity contribution in [2.45, 2.75) is 70.7 Å². The highest BCUT2D eigenvalue weighted by atomic mass is 16.6. The molecular formula is C26H35N5O7. The minimum absolute atomic E-state index is 0.0119. The van der Waals surface area contributed by atoms with Crippen molar-refractivity contribution in [3.63, 3.8) is 0 Å².